The van der Waals surface area contributed by atoms with E-state index in [1.807, 2.05) is 41.2 Å². The Kier molecular flexibility index (Phi) is 7.01. The fourth-order valence-electron chi connectivity index (χ4n) is 2.65. The number of nitrogens with one attached hydrogen (secondary N) is 2. The predicted molar refractivity (Wildman–Crippen MR) is 106 cm³/mol. The lowest BCUT2D eigenvalue weighted by atomic mass is 10.2. The molecule has 0 spiro atoms. The molecule has 2 aromatic carbocycles. The molecule has 0 aliphatic carbocycles. The summed E-state index contributed by atoms with van der Waals surface area (Å²) >= 11 is 0. The third-order valence-electron chi connectivity index (χ3n) is 4.03. The van der Waals surface area contributed by atoms with Gasteiger partial charge in [0, 0.05) is 24.6 Å². The van der Waals surface area contributed by atoms with Crippen molar-refractivity contribution in [1.29, 1.82) is 0 Å². The maximum atomic E-state index is 12.8. The fraction of sp³-hybridized carbons (Fsp3) is 0.238. The molecule has 0 fully saturated rings. The minimum atomic E-state index is -0.283. The Bertz CT molecular complexity index is 866. The van der Waals surface area contributed by atoms with Crippen LogP contribution >= 0.6 is 0 Å². The Morgan fingerprint density at radius 3 is 2.75 bits per heavy atom. The van der Waals surface area contributed by atoms with Crippen LogP contribution in [-0.2, 0) is 6.54 Å². The molecule has 1 heterocycles. The van der Waals surface area contributed by atoms with E-state index in [9.17, 15) is 9.18 Å². The summed E-state index contributed by atoms with van der Waals surface area (Å²) in [6, 6.07) is 15.2. The molecule has 2 N–H and O–H groups in total. The Labute approximate surface area is 163 Å². The number of anilines is 1. The van der Waals surface area contributed by atoms with E-state index < -0.39 is 0 Å². The third-order valence-corrected chi connectivity index (χ3v) is 4.03. The van der Waals surface area contributed by atoms with Gasteiger partial charge < -0.3 is 15.4 Å². The third kappa shape index (κ3) is 6.42. The molecule has 0 unspecified atom stereocenters. The first-order valence-corrected chi connectivity index (χ1v) is 9.19. The molecule has 3 aromatic rings. The maximum Gasteiger partial charge on any atom is 0.319 e. The van der Waals surface area contributed by atoms with Crippen LogP contribution in [0, 0.1) is 5.82 Å². The van der Waals surface area contributed by atoms with Crippen LogP contribution in [0.4, 0.5) is 14.9 Å². The van der Waals surface area contributed by atoms with Gasteiger partial charge in [-0.15, -0.1) is 0 Å². The zero-order valence-electron chi connectivity index (χ0n) is 15.5. The van der Waals surface area contributed by atoms with E-state index in [0.717, 1.165) is 24.1 Å². The van der Waals surface area contributed by atoms with E-state index in [0.29, 0.717) is 25.4 Å². The molecule has 0 saturated carbocycles. The molecule has 0 aliphatic rings. The van der Waals surface area contributed by atoms with Gasteiger partial charge in [-0.1, -0.05) is 12.1 Å². The number of halogens is 1. The predicted octanol–water partition coefficient (Wildman–Crippen LogP) is 4.05. The first kappa shape index (κ1) is 19.4. The lowest BCUT2D eigenvalue weighted by molar-refractivity contribution is 0.251. The van der Waals surface area contributed by atoms with E-state index in [1.54, 1.807) is 18.3 Å². The molecular formula is C21H23FN4O2. The first-order valence-electron chi connectivity index (χ1n) is 9.19. The minimum absolute atomic E-state index is 0.240. The molecule has 146 valence electrons. The maximum absolute atomic E-state index is 12.8. The smallest absolute Gasteiger partial charge is 0.319 e. The van der Waals surface area contributed by atoms with E-state index in [-0.39, 0.29) is 11.8 Å². The topological polar surface area (TPSA) is 68.2 Å². The van der Waals surface area contributed by atoms with E-state index in [1.165, 1.54) is 12.1 Å². The number of benzene rings is 2. The molecule has 3 rings (SSSR count). The van der Waals surface area contributed by atoms with Crippen LogP contribution in [0.1, 0.15) is 18.4 Å². The lowest BCUT2D eigenvalue weighted by Crippen LogP contribution is -2.29. The highest BCUT2D eigenvalue weighted by Gasteiger charge is 2.03. The lowest BCUT2D eigenvalue weighted by Gasteiger charge is -2.10. The summed E-state index contributed by atoms with van der Waals surface area (Å²) in [5, 5.41) is 9.85. The van der Waals surface area contributed by atoms with Gasteiger partial charge in [-0.25, -0.2) is 9.18 Å². The van der Waals surface area contributed by atoms with E-state index in [4.69, 9.17) is 4.74 Å². The molecule has 0 atom stereocenters. The number of unbranched alkanes of at least 4 members (excludes halogenated alkanes) is 1. The second kappa shape index (κ2) is 10.1. The summed E-state index contributed by atoms with van der Waals surface area (Å²) in [6.45, 7) is 1.72. The summed E-state index contributed by atoms with van der Waals surface area (Å²) in [4.78, 5) is 12.0. The molecular weight excluding hydrogens is 359 g/mol. The molecule has 7 heteroatoms. The second-order valence-electron chi connectivity index (χ2n) is 6.29. The molecule has 2 amide bonds. The van der Waals surface area contributed by atoms with Crippen molar-refractivity contribution in [2.45, 2.75) is 19.4 Å². The van der Waals surface area contributed by atoms with Crippen molar-refractivity contribution in [3.63, 3.8) is 0 Å². The molecule has 1 aromatic heterocycles. The van der Waals surface area contributed by atoms with Gasteiger partial charge in [-0.05, 0) is 60.9 Å². The van der Waals surface area contributed by atoms with Gasteiger partial charge in [-0.3, -0.25) is 4.68 Å². The summed E-state index contributed by atoms with van der Waals surface area (Å²) in [5.74, 6) is 0.358. The summed E-state index contributed by atoms with van der Waals surface area (Å²) < 4.78 is 20.2. The Morgan fingerprint density at radius 1 is 1.11 bits per heavy atom. The number of hydrogen-bond donors (Lipinski definition) is 2. The standard InChI is InChI=1S/C21H23FN4O2/c22-18-7-9-20(10-8-18)28-14-2-1-11-23-21(27)25-19-6-3-5-17(15-19)16-26-13-4-12-24-26/h3-10,12-13,15H,1-2,11,14,16H2,(H2,23,25,27). The highest BCUT2D eigenvalue weighted by molar-refractivity contribution is 5.89. The average molecular weight is 382 g/mol. The van der Waals surface area contributed by atoms with Crippen molar-refractivity contribution in [1.82, 2.24) is 15.1 Å². The van der Waals surface area contributed by atoms with Crippen molar-refractivity contribution < 1.29 is 13.9 Å². The molecule has 0 aliphatic heterocycles. The Hall–Kier alpha value is -3.35. The van der Waals surface area contributed by atoms with E-state index in [2.05, 4.69) is 15.7 Å². The van der Waals surface area contributed by atoms with Gasteiger partial charge in [0.05, 0.1) is 13.2 Å². The largest absolute Gasteiger partial charge is 0.494 e. The van der Waals surface area contributed by atoms with Crippen LogP contribution in [-0.4, -0.2) is 29.0 Å². The molecule has 0 bridgehead atoms. The number of ether oxygens (including phenoxy) is 1. The summed E-state index contributed by atoms with van der Waals surface area (Å²) in [7, 11) is 0. The number of rotatable bonds is 9. The van der Waals surface area contributed by atoms with Crippen LogP contribution in [0.5, 0.6) is 5.75 Å². The number of carbonyl (C=O) groups excluding carboxylic acids is 1. The number of nitrogens with zero attached hydrogens (tertiary/aromatic N) is 2. The van der Waals surface area contributed by atoms with Gasteiger partial charge in [-0.2, -0.15) is 5.10 Å². The van der Waals surface area contributed by atoms with Crippen molar-refractivity contribution in [3.05, 3.63) is 78.4 Å². The number of amides is 2. The van der Waals surface area contributed by atoms with Crippen molar-refractivity contribution in [2.75, 3.05) is 18.5 Å². The molecule has 6 nitrogen and oxygen atoms in total. The SMILES string of the molecule is O=C(NCCCCOc1ccc(F)cc1)Nc1cccc(Cn2cccn2)c1. The number of hydrogen-bond acceptors (Lipinski definition) is 3. The zero-order chi connectivity index (χ0) is 19.6. The number of aromatic nitrogens is 2. The van der Waals surface area contributed by atoms with Gasteiger partial charge in [0.1, 0.15) is 11.6 Å². The molecule has 28 heavy (non-hydrogen) atoms. The molecule has 0 saturated heterocycles. The van der Waals surface area contributed by atoms with Crippen LogP contribution in [0.3, 0.4) is 0 Å². The van der Waals surface area contributed by atoms with Crippen molar-refractivity contribution in [3.8, 4) is 5.75 Å². The minimum Gasteiger partial charge on any atom is -0.494 e. The Morgan fingerprint density at radius 2 is 1.96 bits per heavy atom. The quantitative estimate of drug-likeness (QED) is 0.549. The molecule has 0 radical (unpaired) electrons. The number of urea groups is 1. The van der Waals surface area contributed by atoms with Crippen molar-refractivity contribution in [2.24, 2.45) is 0 Å². The Balaban J connectivity index is 1.32. The van der Waals surface area contributed by atoms with Crippen molar-refractivity contribution >= 4 is 11.7 Å². The van der Waals surface area contributed by atoms with Crippen LogP contribution in [0.15, 0.2) is 67.0 Å². The van der Waals surface area contributed by atoms with E-state index >= 15 is 0 Å². The van der Waals surface area contributed by atoms with Crippen LogP contribution < -0.4 is 15.4 Å². The zero-order valence-corrected chi connectivity index (χ0v) is 15.5. The average Bonchev–Trinajstić information content (AvgIpc) is 3.19. The first-order chi connectivity index (χ1) is 13.7. The van der Waals surface area contributed by atoms with Gasteiger partial charge in [0.15, 0.2) is 0 Å². The summed E-state index contributed by atoms with van der Waals surface area (Å²) in [5.41, 5.74) is 1.79. The summed E-state index contributed by atoms with van der Waals surface area (Å²) in [6.07, 6.45) is 5.21. The second-order valence-corrected chi connectivity index (χ2v) is 6.29. The number of carbonyl (C=O) groups is 1. The highest BCUT2D eigenvalue weighted by Crippen LogP contribution is 2.12. The monoisotopic (exact) mass is 382 g/mol. The highest BCUT2D eigenvalue weighted by atomic mass is 19.1. The van der Waals surface area contributed by atoms with Gasteiger partial charge in [0.25, 0.3) is 0 Å². The normalized spacial score (nSPS) is 10.5. The van der Waals surface area contributed by atoms with Crippen LogP contribution in [0.2, 0.25) is 0 Å². The fourth-order valence-corrected chi connectivity index (χ4v) is 2.65. The van der Waals surface area contributed by atoms with Gasteiger partial charge >= 0.3 is 6.03 Å². The van der Waals surface area contributed by atoms with Gasteiger partial charge in [0.2, 0.25) is 0 Å². The van der Waals surface area contributed by atoms with Crippen LogP contribution in [0.25, 0.3) is 0 Å².